The van der Waals surface area contributed by atoms with Gasteiger partial charge in [0.15, 0.2) is 37.9 Å². The second kappa shape index (κ2) is 6.69. The van der Waals surface area contributed by atoms with Crippen LogP contribution in [0.5, 0.6) is 0 Å². The number of hydrogen-bond donors (Lipinski definition) is 0. The molecule has 0 fully saturated rings. The first kappa shape index (κ1) is 15.8. The van der Waals surface area contributed by atoms with Gasteiger partial charge in [-0.2, -0.15) is 8.75 Å². The van der Waals surface area contributed by atoms with Gasteiger partial charge in [-0.3, -0.25) is 0 Å². The van der Waals surface area contributed by atoms with E-state index in [4.69, 9.17) is 0 Å². The molecule has 3 heterocycles. The number of hydrogen-bond acceptors (Lipinski definition) is 3. The minimum Gasteiger partial charge on any atom is -0.201 e. The quantitative estimate of drug-likeness (QED) is 0.531. The van der Waals surface area contributed by atoms with Crippen LogP contribution in [0.25, 0.3) is 11.0 Å². The predicted octanol–water partition coefficient (Wildman–Crippen LogP) is 2.98. The lowest BCUT2D eigenvalue weighted by molar-refractivity contribution is -0.688. The van der Waals surface area contributed by atoms with Crippen LogP contribution in [0.1, 0.15) is 22.3 Å². The first-order valence-electron chi connectivity index (χ1n) is 8.35. The molecule has 3 aromatic heterocycles. The molecule has 0 N–H and O–H groups in total. The lowest BCUT2D eigenvalue weighted by Gasteiger charge is -2.11. The van der Waals surface area contributed by atoms with Crippen LogP contribution >= 0.6 is 11.7 Å². The minimum atomic E-state index is 0.814. The van der Waals surface area contributed by atoms with E-state index in [2.05, 4.69) is 80.8 Å². The van der Waals surface area contributed by atoms with Gasteiger partial charge >= 0.3 is 0 Å². The number of aromatic nitrogens is 4. The fourth-order valence-corrected chi connectivity index (χ4v) is 3.82. The highest BCUT2D eigenvalue weighted by Gasteiger charge is 2.22. The topological polar surface area (TPSA) is 33.5 Å². The summed E-state index contributed by atoms with van der Waals surface area (Å²) in [7, 11) is 0. The zero-order valence-electron chi connectivity index (χ0n) is 14.4. The maximum atomic E-state index is 4.63. The van der Waals surface area contributed by atoms with E-state index < -0.39 is 0 Å². The standard InChI is InChI=1S/C20H20N4S/c1-15-16(2)18(14-24-11-7-4-8-12-24)20-19(21-25-22-20)17(15)13-23-9-5-3-6-10-23/h3-12H,13-14H2,1-2H3/q+2. The van der Waals surface area contributed by atoms with E-state index in [0.717, 1.165) is 24.1 Å². The Balaban J connectivity index is 1.83. The highest BCUT2D eigenvalue weighted by molar-refractivity contribution is 7.00. The van der Waals surface area contributed by atoms with Gasteiger partial charge in [0.05, 0.1) is 11.7 Å². The van der Waals surface area contributed by atoms with Crippen LogP contribution in [0.15, 0.2) is 61.2 Å². The Bertz CT molecular complexity index is 929. The molecule has 0 atom stereocenters. The second-order valence-electron chi connectivity index (χ2n) is 6.26. The van der Waals surface area contributed by atoms with Crippen LogP contribution in [0.2, 0.25) is 0 Å². The molecular weight excluding hydrogens is 328 g/mol. The smallest absolute Gasteiger partial charge is 0.176 e. The second-order valence-corrected chi connectivity index (χ2v) is 6.79. The first-order valence-corrected chi connectivity index (χ1v) is 9.08. The number of rotatable bonds is 4. The summed E-state index contributed by atoms with van der Waals surface area (Å²) in [5, 5.41) is 0. The number of fused-ring (bicyclic) bond motifs is 1. The summed E-state index contributed by atoms with van der Waals surface area (Å²) in [6, 6.07) is 12.3. The molecule has 124 valence electrons. The summed E-state index contributed by atoms with van der Waals surface area (Å²) in [4.78, 5) is 0. The van der Waals surface area contributed by atoms with Gasteiger partial charge in [0.1, 0.15) is 11.0 Å². The predicted molar refractivity (Wildman–Crippen MR) is 98.4 cm³/mol. The summed E-state index contributed by atoms with van der Waals surface area (Å²) >= 11 is 1.30. The van der Waals surface area contributed by atoms with Crippen molar-refractivity contribution in [2.75, 3.05) is 0 Å². The van der Waals surface area contributed by atoms with Gasteiger partial charge in [-0.15, -0.1) is 0 Å². The zero-order chi connectivity index (χ0) is 17.2. The third-order valence-electron chi connectivity index (χ3n) is 4.76. The van der Waals surface area contributed by atoms with Crippen molar-refractivity contribution in [2.24, 2.45) is 0 Å². The van der Waals surface area contributed by atoms with E-state index in [-0.39, 0.29) is 0 Å². The molecule has 0 unspecified atom stereocenters. The SMILES string of the molecule is Cc1c(C)c(C[n+]2ccccc2)c2nsnc2c1C[n+]1ccccc1. The Labute approximate surface area is 151 Å². The van der Waals surface area contributed by atoms with Gasteiger partial charge in [0.2, 0.25) is 0 Å². The van der Waals surface area contributed by atoms with Crippen LogP contribution in [0.3, 0.4) is 0 Å². The van der Waals surface area contributed by atoms with Crippen molar-refractivity contribution < 1.29 is 9.13 Å². The molecule has 0 amide bonds. The van der Waals surface area contributed by atoms with E-state index in [9.17, 15) is 0 Å². The lowest BCUT2D eigenvalue weighted by Crippen LogP contribution is -2.35. The van der Waals surface area contributed by atoms with Gasteiger partial charge < -0.3 is 0 Å². The summed E-state index contributed by atoms with van der Waals surface area (Å²) in [5.41, 5.74) is 7.22. The Kier molecular flexibility index (Phi) is 4.24. The highest BCUT2D eigenvalue weighted by Crippen LogP contribution is 2.28. The summed E-state index contributed by atoms with van der Waals surface area (Å²) in [6.45, 7) is 6.03. The van der Waals surface area contributed by atoms with Crippen LogP contribution < -0.4 is 9.13 Å². The van der Waals surface area contributed by atoms with E-state index in [1.165, 1.54) is 34.0 Å². The number of pyridine rings is 2. The highest BCUT2D eigenvalue weighted by atomic mass is 32.1. The Hall–Kier alpha value is -2.66. The van der Waals surface area contributed by atoms with Crippen molar-refractivity contribution in [3.05, 3.63) is 83.4 Å². The molecule has 0 saturated carbocycles. The maximum Gasteiger partial charge on any atom is 0.176 e. The molecule has 0 saturated heterocycles. The first-order chi connectivity index (χ1) is 12.2. The fourth-order valence-electron chi connectivity index (χ4n) is 3.22. The van der Waals surface area contributed by atoms with Gasteiger partial charge in [-0.25, -0.2) is 9.13 Å². The molecule has 0 radical (unpaired) electrons. The summed E-state index contributed by atoms with van der Waals surface area (Å²) in [6.07, 6.45) is 8.37. The monoisotopic (exact) mass is 348 g/mol. The zero-order valence-corrected chi connectivity index (χ0v) is 15.2. The van der Waals surface area contributed by atoms with Crippen molar-refractivity contribution in [1.82, 2.24) is 8.75 Å². The molecule has 1 aromatic carbocycles. The normalized spacial score (nSPS) is 11.1. The molecule has 25 heavy (non-hydrogen) atoms. The molecule has 0 aliphatic heterocycles. The Morgan fingerprint density at radius 3 is 1.48 bits per heavy atom. The molecule has 4 aromatic rings. The molecule has 5 heteroatoms. The molecule has 4 nitrogen and oxygen atoms in total. The average molecular weight is 348 g/mol. The van der Waals surface area contributed by atoms with Crippen LogP contribution in [-0.2, 0) is 13.1 Å². The molecule has 0 aliphatic carbocycles. The van der Waals surface area contributed by atoms with Crippen LogP contribution in [-0.4, -0.2) is 8.75 Å². The minimum absolute atomic E-state index is 0.814. The van der Waals surface area contributed by atoms with Gasteiger partial charge in [0.25, 0.3) is 0 Å². The van der Waals surface area contributed by atoms with Crippen molar-refractivity contribution in [2.45, 2.75) is 26.9 Å². The lowest BCUT2D eigenvalue weighted by atomic mass is 9.95. The maximum absolute atomic E-state index is 4.63. The van der Waals surface area contributed by atoms with E-state index in [0.29, 0.717) is 0 Å². The molecule has 0 bridgehead atoms. The number of nitrogens with zero attached hydrogens (tertiary/aromatic N) is 4. The van der Waals surface area contributed by atoms with Crippen molar-refractivity contribution >= 4 is 22.8 Å². The Morgan fingerprint density at radius 1 is 0.680 bits per heavy atom. The van der Waals surface area contributed by atoms with E-state index in [1.807, 2.05) is 12.1 Å². The third-order valence-corrected chi connectivity index (χ3v) is 5.29. The van der Waals surface area contributed by atoms with E-state index in [1.54, 1.807) is 0 Å². The van der Waals surface area contributed by atoms with Crippen molar-refractivity contribution in [3.63, 3.8) is 0 Å². The Morgan fingerprint density at radius 2 is 1.08 bits per heavy atom. The van der Waals surface area contributed by atoms with E-state index >= 15 is 0 Å². The third kappa shape index (κ3) is 3.03. The van der Waals surface area contributed by atoms with Crippen LogP contribution in [0, 0.1) is 13.8 Å². The molecule has 0 spiro atoms. The fraction of sp³-hybridized carbons (Fsp3) is 0.200. The van der Waals surface area contributed by atoms with Gasteiger partial charge in [0, 0.05) is 35.4 Å². The van der Waals surface area contributed by atoms with Crippen molar-refractivity contribution in [3.8, 4) is 0 Å². The number of benzene rings is 1. The molecule has 4 rings (SSSR count). The largest absolute Gasteiger partial charge is 0.201 e. The molecule has 0 aliphatic rings. The summed E-state index contributed by atoms with van der Waals surface area (Å²) < 4.78 is 13.6. The van der Waals surface area contributed by atoms with Crippen molar-refractivity contribution in [1.29, 1.82) is 0 Å². The average Bonchev–Trinajstić information content (AvgIpc) is 3.13. The van der Waals surface area contributed by atoms with Gasteiger partial charge in [-0.05, 0) is 25.0 Å². The molecular formula is C20H20N4S+2. The van der Waals surface area contributed by atoms with Gasteiger partial charge in [-0.1, -0.05) is 12.1 Å². The van der Waals surface area contributed by atoms with Crippen LogP contribution in [0.4, 0.5) is 0 Å². The summed E-state index contributed by atoms with van der Waals surface area (Å²) in [5.74, 6) is 0.